The average molecular weight is 301 g/mol. The number of aliphatic hydroxyl groups is 1. The number of rotatable bonds is 7. The molecule has 1 heterocycles. The van der Waals surface area contributed by atoms with Crippen LogP contribution < -0.4 is 10.1 Å². The molecule has 0 unspecified atom stereocenters. The van der Waals surface area contributed by atoms with E-state index in [1.165, 1.54) is 12.3 Å². The SMILES string of the molecule is CCOc1ncc(C(=O)NCC(C)(C)CCO)cc1Cl. The van der Waals surface area contributed by atoms with E-state index in [0.717, 1.165) is 0 Å². The minimum atomic E-state index is -0.242. The lowest BCUT2D eigenvalue weighted by molar-refractivity contribution is 0.0927. The van der Waals surface area contributed by atoms with Crippen LogP contribution in [0.3, 0.4) is 0 Å². The summed E-state index contributed by atoms with van der Waals surface area (Å²) in [5.74, 6) is 0.0831. The normalized spacial score (nSPS) is 11.2. The van der Waals surface area contributed by atoms with Crippen molar-refractivity contribution in [2.75, 3.05) is 19.8 Å². The Hall–Kier alpha value is -1.33. The standard InChI is InChI=1S/C14H21ClN2O3/c1-4-20-13-11(15)7-10(8-16-13)12(19)17-9-14(2,3)5-6-18/h7-8,18H,4-6,9H2,1-3H3,(H,17,19). The number of aliphatic hydroxyl groups excluding tert-OH is 1. The van der Waals surface area contributed by atoms with Gasteiger partial charge in [0.25, 0.3) is 5.91 Å². The zero-order chi connectivity index (χ0) is 15.2. The van der Waals surface area contributed by atoms with Crippen molar-refractivity contribution in [1.29, 1.82) is 0 Å². The third-order valence-corrected chi connectivity index (χ3v) is 3.14. The Bertz CT molecular complexity index is 464. The number of ether oxygens (including phenoxy) is 1. The number of carbonyl (C=O) groups excluding carboxylic acids is 1. The Labute approximate surface area is 124 Å². The lowest BCUT2D eigenvalue weighted by Crippen LogP contribution is -2.34. The number of nitrogens with zero attached hydrogens (tertiary/aromatic N) is 1. The molecule has 2 N–H and O–H groups in total. The molecule has 0 saturated carbocycles. The van der Waals surface area contributed by atoms with Gasteiger partial charge in [0.15, 0.2) is 0 Å². The van der Waals surface area contributed by atoms with E-state index < -0.39 is 0 Å². The van der Waals surface area contributed by atoms with Crippen LogP contribution in [0.15, 0.2) is 12.3 Å². The summed E-state index contributed by atoms with van der Waals surface area (Å²) in [4.78, 5) is 16.0. The summed E-state index contributed by atoms with van der Waals surface area (Å²) < 4.78 is 5.21. The third kappa shape index (κ3) is 4.98. The molecule has 1 amide bonds. The smallest absolute Gasteiger partial charge is 0.252 e. The number of pyridine rings is 1. The van der Waals surface area contributed by atoms with Gasteiger partial charge in [-0.1, -0.05) is 25.4 Å². The molecule has 0 atom stereocenters. The summed E-state index contributed by atoms with van der Waals surface area (Å²) >= 11 is 5.99. The fourth-order valence-electron chi connectivity index (χ4n) is 1.61. The van der Waals surface area contributed by atoms with Crippen molar-refractivity contribution < 1.29 is 14.6 Å². The molecule has 6 heteroatoms. The first-order valence-corrected chi connectivity index (χ1v) is 6.95. The summed E-state index contributed by atoms with van der Waals surface area (Å²) in [6.07, 6.45) is 2.06. The first-order chi connectivity index (χ1) is 9.39. The largest absolute Gasteiger partial charge is 0.477 e. The fraction of sp³-hybridized carbons (Fsp3) is 0.571. The molecule has 5 nitrogen and oxygen atoms in total. The summed E-state index contributed by atoms with van der Waals surface area (Å²) in [6, 6.07) is 1.54. The van der Waals surface area contributed by atoms with E-state index in [9.17, 15) is 4.79 Å². The quantitative estimate of drug-likeness (QED) is 0.810. The van der Waals surface area contributed by atoms with Gasteiger partial charge in [-0.3, -0.25) is 4.79 Å². The molecule has 0 aliphatic rings. The summed E-state index contributed by atoms with van der Waals surface area (Å²) in [5.41, 5.74) is 0.227. The highest BCUT2D eigenvalue weighted by Gasteiger charge is 2.19. The number of nitrogens with one attached hydrogen (secondary N) is 1. The van der Waals surface area contributed by atoms with Crippen LogP contribution >= 0.6 is 11.6 Å². The second kappa shape index (κ2) is 7.45. The van der Waals surface area contributed by atoms with Crippen molar-refractivity contribution >= 4 is 17.5 Å². The molecule has 1 aromatic rings. The van der Waals surface area contributed by atoms with Crippen LogP contribution in [0, 0.1) is 5.41 Å². The second-order valence-corrected chi connectivity index (χ2v) is 5.67. The van der Waals surface area contributed by atoms with Crippen LogP contribution in [0.5, 0.6) is 5.88 Å². The molecule has 0 spiro atoms. The average Bonchev–Trinajstić information content (AvgIpc) is 2.38. The predicted molar refractivity (Wildman–Crippen MR) is 78.2 cm³/mol. The van der Waals surface area contributed by atoms with Crippen molar-refractivity contribution in [3.05, 3.63) is 22.8 Å². The van der Waals surface area contributed by atoms with E-state index in [-0.39, 0.29) is 17.9 Å². The zero-order valence-electron chi connectivity index (χ0n) is 12.1. The van der Waals surface area contributed by atoms with Crippen molar-refractivity contribution in [3.8, 4) is 5.88 Å². The van der Waals surface area contributed by atoms with Gasteiger partial charge in [0.1, 0.15) is 5.02 Å². The molecule has 1 aromatic heterocycles. The summed E-state index contributed by atoms with van der Waals surface area (Å²) in [5, 5.41) is 12.1. The molecule has 0 saturated heterocycles. The first kappa shape index (κ1) is 16.7. The maximum absolute atomic E-state index is 12.0. The van der Waals surface area contributed by atoms with E-state index in [2.05, 4.69) is 10.3 Å². The maximum Gasteiger partial charge on any atom is 0.252 e. The predicted octanol–water partition coefficient (Wildman–Crippen LogP) is 2.27. The lowest BCUT2D eigenvalue weighted by Gasteiger charge is -2.23. The molecular weight excluding hydrogens is 280 g/mol. The van der Waals surface area contributed by atoms with Gasteiger partial charge in [0.2, 0.25) is 5.88 Å². The molecule has 20 heavy (non-hydrogen) atoms. The van der Waals surface area contributed by atoms with Gasteiger partial charge in [-0.05, 0) is 24.8 Å². The van der Waals surface area contributed by atoms with Crippen LogP contribution in [0.4, 0.5) is 0 Å². The number of hydrogen-bond donors (Lipinski definition) is 2. The van der Waals surface area contributed by atoms with Crippen molar-refractivity contribution in [2.24, 2.45) is 5.41 Å². The number of carbonyl (C=O) groups is 1. The van der Waals surface area contributed by atoms with E-state index in [1.54, 1.807) is 0 Å². The van der Waals surface area contributed by atoms with Gasteiger partial charge in [-0.2, -0.15) is 0 Å². The molecular formula is C14H21ClN2O3. The lowest BCUT2D eigenvalue weighted by atomic mass is 9.90. The Morgan fingerprint density at radius 1 is 1.55 bits per heavy atom. The summed E-state index contributed by atoms with van der Waals surface area (Å²) in [7, 11) is 0. The van der Waals surface area contributed by atoms with Crippen LogP contribution in [0.2, 0.25) is 5.02 Å². The molecule has 0 fully saturated rings. The Morgan fingerprint density at radius 2 is 2.25 bits per heavy atom. The number of halogens is 1. The van der Waals surface area contributed by atoms with Gasteiger partial charge in [-0.25, -0.2) is 4.98 Å². The molecule has 1 rings (SSSR count). The second-order valence-electron chi connectivity index (χ2n) is 5.26. The molecule has 0 aliphatic heterocycles. The molecule has 0 bridgehead atoms. The van der Waals surface area contributed by atoms with Gasteiger partial charge in [0, 0.05) is 19.3 Å². The Balaban J connectivity index is 2.66. The van der Waals surface area contributed by atoms with E-state index in [4.69, 9.17) is 21.4 Å². The van der Waals surface area contributed by atoms with Gasteiger partial charge < -0.3 is 15.2 Å². The Kier molecular flexibility index (Phi) is 6.23. The van der Waals surface area contributed by atoms with Crippen LogP contribution in [0.1, 0.15) is 37.6 Å². The highest BCUT2D eigenvalue weighted by atomic mass is 35.5. The minimum Gasteiger partial charge on any atom is -0.477 e. The Morgan fingerprint density at radius 3 is 2.80 bits per heavy atom. The topological polar surface area (TPSA) is 71.5 Å². The van der Waals surface area contributed by atoms with Crippen molar-refractivity contribution in [2.45, 2.75) is 27.2 Å². The van der Waals surface area contributed by atoms with Crippen molar-refractivity contribution in [1.82, 2.24) is 10.3 Å². The van der Waals surface area contributed by atoms with Gasteiger partial charge in [-0.15, -0.1) is 0 Å². The molecule has 0 radical (unpaired) electrons. The molecule has 0 aromatic carbocycles. The van der Waals surface area contributed by atoms with Crippen LogP contribution in [0.25, 0.3) is 0 Å². The van der Waals surface area contributed by atoms with Gasteiger partial charge in [0.05, 0.1) is 12.2 Å². The minimum absolute atomic E-state index is 0.0965. The number of amides is 1. The van der Waals surface area contributed by atoms with E-state index in [0.29, 0.717) is 36.0 Å². The third-order valence-electron chi connectivity index (χ3n) is 2.87. The molecule has 112 valence electrons. The monoisotopic (exact) mass is 300 g/mol. The zero-order valence-corrected chi connectivity index (χ0v) is 12.8. The number of hydrogen-bond acceptors (Lipinski definition) is 4. The number of aromatic nitrogens is 1. The summed E-state index contributed by atoms with van der Waals surface area (Å²) in [6.45, 7) is 6.83. The fourth-order valence-corrected chi connectivity index (χ4v) is 1.83. The maximum atomic E-state index is 12.0. The van der Waals surface area contributed by atoms with Gasteiger partial charge >= 0.3 is 0 Å². The highest BCUT2D eigenvalue weighted by Crippen LogP contribution is 2.23. The van der Waals surface area contributed by atoms with Crippen LogP contribution in [-0.4, -0.2) is 35.8 Å². The van der Waals surface area contributed by atoms with Crippen LogP contribution in [-0.2, 0) is 0 Å². The highest BCUT2D eigenvalue weighted by molar-refractivity contribution is 6.32. The van der Waals surface area contributed by atoms with E-state index >= 15 is 0 Å². The van der Waals surface area contributed by atoms with E-state index in [1.807, 2.05) is 20.8 Å². The molecule has 0 aliphatic carbocycles. The van der Waals surface area contributed by atoms with Crippen molar-refractivity contribution in [3.63, 3.8) is 0 Å². The first-order valence-electron chi connectivity index (χ1n) is 6.57.